The van der Waals surface area contributed by atoms with E-state index in [0.717, 1.165) is 29.6 Å². The van der Waals surface area contributed by atoms with Gasteiger partial charge in [-0.05, 0) is 30.9 Å². The van der Waals surface area contributed by atoms with Crippen LogP contribution >= 0.6 is 0 Å². The quantitative estimate of drug-likeness (QED) is 0.767. The summed E-state index contributed by atoms with van der Waals surface area (Å²) in [5, 5.41) is 0. The lowest BCUT2D eigenvalue weighted by Gasteiger charge is -2.21. The van der Waals surface area contributed by atoms with E-state index in [0.29, 0.717) is 0 Å². The van der Waals surface area contributed by atoms with Crippen molar-refractivity contribution in [2.45, 2.75) is 12.8 Å². The number of rotatable bonds is 4. The molecule has 0 unspecified atom stereocenters. The first-order chi connectivity index (χ1) is 7.20. The minimum Gasteiger partial charge on any atom is -0.497 e. The standard InChI is InChI=1S/C12H18N2O/c1-14(8-9-3-4-9)12-6-5-10(15-2)7-11(12)13/h5-7,9H,3-4,8,13H2,1-2H3. The number of nitrogens with zero attached hydrogens (tertiary/aromatic N) is 1. The molecule has 0 saturated heterocycles. The highest BCUT2D eigenvalue weighted by Crippen LogP contribution is 2.33. The van der Waals surface area contributed by atoms with Crippen molar-refractivity contribution in [1.82, 2.24) is 0 Å². The van der Waals surface area contributed by atoms with E-state index in [1.807, 2.05) is 18.2 Å². The Kier molecular flexibility index (Phi) is 2.71. The molecule has 15 heavy (non-hydrogen) atoms. The fraction of sp³-hybridized carbons (Fsp3) is 0.500. The molecule has 2 N–H and O–H groups in total. The number of nitrogen functional groups attached to an aromatic ring is 1. The molecule has 82 valence electrons. The molecule has 0 aliphatic heterocycles. The Labute approximate surface area is 90.8 Å². The number of nitrogens with two attached hydrogens (primary N) is 1. The molecule has 0 spiro atoms. The van der Waals surface area contributed by atoms with Gasteiger partial charge in [0.05, 0.1) is 18.5 Å². The average molecular weight is 206 g/mol. The predicted molar refractivity (Wildman–Crippen MR) is 63.4 cm³/mol. The Morgan fingerprint density at radius 2 is 2.20 bits per heavy atom. The van der Waals surface area contributed by atoms with Crippen molar-refractivity contribution in [2.75, 3.05) is 31.3 Å². The Hall–Kier alpha value is -1.38. The normalized spacial score (nSPS) is 15.1. The minimum atomic E-state index is 0.789. The summed E-state index contributed by atoms with van der Waals surface area (Å²) >= 11 is 0. The van der Waals surface area contributed by atoms with Crippen LogP contribution < -0.4 is 15.4 Å². The van der Waals surface area contributed by atoms with E-state index in [4.69, 9.17) is 10.5 Å². The second kappa shape index (κ2) is 4.01. The predicted octanol–water partition coefficient (Wildman–Crippen LogP) is 2.12. The Balaban J connectivity index is 2.11. The molecule has 0 heterocycles. The van der Waals surface area contributed by atoms with E-state index < -0.39 is 0 Å². The molecule has 0 bridgehead atoms. The van der Waals surface area contributed by atoms with Crippen molar-refractivity contribution in [3.8, 4) is 5.75 Å². The lowest BCUT2D eigenvalue weighted by atomic mass is 10.2. The van der Waals surface area contributed by atoms with Crippen LogP contribution in [0.5, 0.6) is 5.75 Å². The smallest absolute Gasteiger partial charge is 0.121 e. The van der Waals surface area contributed by atoms with E-state index in [1.54, 1.807) is 7.11 Å². The van der Waals surface area contributed by atoms with E-state index in [-0.39, 0.29) is 0 Å². The molecule has 2 rings (SSSR count). The molecule has 0 radical (unpaired) electrons. The molecule has 3 heteroatoms. The lowest BCUT2D eigenvalue weighted by Crippen LogP contribution is -2.20. The molecule has 1 aromatic rings. The topological polar surface area (TPSA) is 38.5 Å². The maximum Gasteiger partial charge on any atom is 0.121 e. The number of ether oxygens (including phenoxy) is 1. The summed E-state index contributed by atoms with van der Waals surface area (Å²) in [4.78, 5) is 2.23. The van der Waals surface area contributed by atoms with Crippen molar-refractivity contribution in [3.05, 3.63) is 18.2 Å². The zero-order valence-electron chi connectivity index (χ0n) is 9.36. The first-order valence-electron chi connectivity index (χ1n) is 5.35. The highest BCUT2D eigenvalue weighted by atomic mass is 16.5. The second-order valence-corrected chi connectivity index (χ2v) is 4.25. The molecule has 1 aliphatic carbocycles. The molecule has 1 fully saturated rings. The van der Waals surface area contributed by atoms with Crippen LogP contribution in [0.15, 0.2) is 18.2 Å². The molecule has 1 aromatic carbocycles. The van der Waals surface area contributed by atoms with Gasteiger partial charge in [-0.1, -0.05) is 0 Å². The molecule has 3 nitrogen and oxygen atoms in total. The van der Waals surface area contributed by atoms with Gasteiger partial charge >= 0.3 is 0 Å². The molecule has 0 amide bonds. The maximum atomic E-state index is 5.97. The second-order valence-electron chi connectivity index (χ2n) is 4.25. The van der Waals surface area contributed by atoms with Gasteiger partial charge in [0.1, 0.15) is 5.75 Å². The first kappa shape index (κ1) is 10.1. The zero-order valence-corrected chi connectivity index (χ0v) is 9.36. The van der Waals surface area contributed by atoms with E-state index >= 15 is 0 Å². The van der Waals surface area contributed by atoms with Gasteiger partial charge in [0.25, 0.3) is 0 Å². The van der Waals surface area contributed by atoms with Crippen LogP contribution in [0.2, 0.25) is 0 Å². The molecular formula is C12H18N2O. The van der Waals surface area contributed by atoms with Crippen LogP contribution in [-0.4, -0.2) is 20.7 Å². The third-order valence-corrected chi connectivity index (χ3v) is 2.87. The van der Waals surface area contributed by atoms with Gasteiger partial charge in [-0.15, -0.1) is 0 Å². The van der Waals surface area contributed by atoms with Gasteiger partial charge in [0.15, 0.2) is 0 Å². The van der Waals surface area contributed by atoms with Gasteiger partial charge in [0.2, 0.25) is 0 Å². The van der Waals surface area contributed by atoms with Gasteiger partial charge < -0.3 is 15.4 Å². The van der Waals surface area contributed by atoms with E-state index in [2.05, 4.69) is 11.9 Å². The molecule has 0 aromatic heterocycles. The fourth-order valence-corrected chi connectivity index (χ4v) is 1.79. The number of hydrogen-bond donors (Lipinski definition) is 1. The number of hydrogen-bond acceptors (Lipinski definition) is 3. The molecule has 0 atom stereocenters. The van der Waals surface area contributed by atoms with Gasteiger partial charge in [0, 0.05) is 19.7 Å². The number of anilines is 2. The van der Waals surface area contributed by atoms with Crippen molar-refractivity contribution in [2.24, 2.45) is 5.92 Å². The minimum absolute atomic E-state index is 0.789. The summed E-state index contributed by atoms with van der Waals surface area (Å²) in [5.41, 5.74) is 7.86. The SMILES string of the molecule is COc1ccc(N(C)CC2CC2)c(N)c1. The molecule has 1 saturated carbocycles. The van der Waals surface area contributed by atoms with E-state index in [9.17, 15) is 0 Å². The Morgan fingerprint density at radius 1 is 1.47 bits per heavy atom. The van der Waals surface area contributed by atoms with Gasteiger partial charge in [-0.2, -0.15) is 0 Å². The largest absolute Gasteiger partial charge is 0.497 e. The van der Waals surface area contributed by atoms with Crippen molar-refractivity contribution >= 4 is 11.4 Å². The average Bonchev–Trinajstić information content (AvgIpc) is 3.01. The highest BCUT2D eigenvalue weighted by Gasteiger charge is 2.23. The zero-order chi connectivity index (χ0) is 10.8. The molecule has 1 aliphatic rings. The fourth-order valence-electron chi connectivity index (χ4n) is 1.79. The van der Waals surface area contributed by atoms with Crippen LogP contribution in [0.1, 0.15) is 12.8 Å². The van der Waals surface area contributed by atoms with Crippen molar-refractivity contribution < 1.29 is 4.74 Å². The molecular weight excluding hydrogens is 188 g/mol. The summed E-state index contributed by atoms with van der Waals surface area (Å²) in [6.07, 6.45) is 2.72. The summed E-state index contributed by atoms with van der Waals surface area (Å²) in [5.74, 6) is 1.69. The third-order valence-electron chi connectivity index (χ3n) is 2.87. The Bertz CT molecular complexity index is 347. The van der Waals surface area contributed by atoms with E-state index in [1.165, 1.54) is 12.8 Å². The lowest BCUT2D eigenvalue weighted by molar-refractivity contribution is 0.415. The number of benzene rings is 1. The number of methoxy groups -OCH3 is 1. The monoisotopic (exact) mass is 206 g/mol. The Morgan fingerprint density at radius 3 is 2.73 bits per heavy atom. The van der Waals surface area contributed by atoms with Crippen LogP contribution in [0.25, 0.3) is 0 Å². The summed E-state index contributed by atoms with van der Waals surface area (Å²) < 4.78 is 5.12. The summed E-state index contributed by atoms with van der Waals surface area (Å²) in [6, 6.07) is 5.85. The van der Waals surface area contributed by atoms with Crippen LogP contribution in [0.3, 0.4) is 0 Å². The first-order valence-corrected chi connectivity index (χ1v) is 5.35. The van der Waals surface area contributed by atoms with Crippen LogP contribution in [0.4, 0.5) is 11.4 Å². The van der Waals surface area contributed by atoms with Crippen LogP contribution in [-0.2, 0) is 0 Å². The summed E-state index contributed by atoms with van der Waals surface area (Å²) in [6.45, 7) is 1.11. The highest BCUT2D eigenvalue weighted by molar-refractivity contribution is 5.69. The van der Waals surface area contributed by atoms with Crippen molar-refractivity contribution in [3.63, 3.8) is 0 Å². The third kappa shape index (κ3) is 2.35. The van der Waals surface area contributed by atoms with Gasteiger partial charge in [-0.25, -0.2) is 0 Å². The maximum absolute atomic E-state index is 5.97. The van der Waals surface area contributed by atoms with Gasteiger partial charge in [-0.3, -0.25) is 0 Å². The van der Waals surface area contributed by atoms with Crippen LogP contribution in [0, 0.1) is 5.92 Å². The summed E-state index contributed by atoms with van der Waals surface area (Å²) in [7, 11) is 3.75. The van der Waals surface area contributed by atoms with Crippen molar-refractivity contribution in [1.29, 1.82) is 0 Å².